The van der Waals surface area contributed by atoms with Crippen LogP contribution in [0.3, 0.4) is 0 Å². The lowest BCUT2D eigenvalue weighted by Crippen LogP contribution is -2.46. The number of nitrogens with two attached hydrogens (primary N) is 1. The van der Waals surface area contributed by atoms with E-state index < -0.39 is 12.6 Å². The summed E-state index contributed by atoms with van der Waals surface area (Å²) in [4.78, 5) is 5.70. The van der Waals surface area contributed by atoms with Gasteiger partial charge >= 0.3 is 6.30 Å². The lowest BCUT2D eigenvalue weighted by atomic mass is 10.4. The van der Waals surface area contributed by atoms with Gasteiger partial charge in [0, 0.05) is 38.6 Å². The normalized spacial score (nSPS) is 24.7. The van der Waals surface area contributed by atoms with Crippen LogP contribution in [0.4, 0.5) is 13.2 Å². The third kappa shape index (κ3) is 5.03. The quantitative estimate of drug-likeness (QED) is 0.613. The van der Waals surface area contributed by atoms with Crippen LogP contribution < -0.4 is 11.1 Å². The van der Waals surface area contributed by atoms with Crippen molar-refractivity contribution in [1.29, 1.82) is 0 Å². The SMILES string of the molecule is CN1CCNCC1.NC1N=CC=CN1C(F)(F)F. The van der Waals surface area contributed by atoms with Gasteiger partial charge in [-0.1, -0.05) is 0 Å². The van der Waals surface area contributed by atoms with Crippen LogP contribution in [-0.4, -0.2) is 61.8 Å². The van der Waals surface area contributed by atoms with Gasteiger partial charge in [0.25, 0.3) is 0 Å². The zero-order valence-corrected chi connectivity index (χ0v) is 10.2. The van der Waals surface area contributed by atoms with Crippen LogP contribution in [0.5, 0.6) is 0 Å². The number of nitrogens with one attached hydrogen (secondary N) is 1. The molecule has 0 radical (unpaired) electrons. The number of piperazine rings is 1. The molecular formula is C10H18F3N5. The molecule has 104 valence electrons. The summed E-state index contributed by atoms with van der Waals surface area (Å²) >= 11 is 0. The van der Waals surface area contributed by atoms with Gasteiger partial charge in [0.15, 0.2) is 6.29 Å². The van der Waals surface area contributed by atoms with Crippen molar-refractivity contribution in [3.05, 3.63) is 12.3 Å². The summed E-state index contributed by atoms with van der Waals surface area (Å²) in [6, 6.07) is 0. The summed E-state index contributed by atoms with van der Waals surface area (Å²) in [6.45, 7) is 4.74. The standard InChI is InChI=1S/C5H6F3N3.C5H12N2/c6-5(7,8)11-3-1-2-10-4(11)9;1-7-4-2-6-3-5-7/h1-4H,9H2;6H,2-5H2,1H3. The number of allylic oxidation sites excluding steroid dienone is 1. The molecule has 0 aliphatic carbocycles. The molecule has 1 fully saturated rings. The van der Waals surface area contributed by atoms with Crippen molar-refractivity contribution < 1.29 is 13.2 Å². The van der Waals surface area contributed by atoms with Crippen LogP contribution in [0.25, 0.3) is 0 Å². The molecule has 0 aromatic carbocycles. The molecule has 3 N–H and O–H groups in total. The van der Waals surface area contributed by atoms with Gasteiger partial charge in [-0.15, -0.1) is 13.2 Å². The number of alkyl halides is 3. The third-order valence-corrected chi connectivity index (χ3v) is 2.49. The van der Waals surface area contributed by atoms with Gasteiger partial charge < -0.3 is 10.2 Å². The van der Waals surface area contributed by atoms with E-state index in [1.54, 1.807) is 0 Å². The van der Waals surface area contributed by atoms with Crippen LogP contribution in [-0.2, 0) is 0 Å². The molecule has 5 nitrogen and oxygen atoms in total. The van der Waals surface area contributed by atoms with Crippen LogP contribution >= 0.6 is 0 Å². The molecule has 1 saturated heterocycles. The van der Waals surface area contributed by atoms with Crippen molar-refractivity contribution in [3.8, 4) is 0 Å². The van der Waals surface area contributed by atoms with E-state index in [1.807, 2.05) is 0 Å². The smallest absolute Gasteiger partial charge is 0.314 e. The highest BCUT2D eigenvalue weighted by Gasteiger charge is 2.38. The zero-order valence-electron chi connectivity index (χ0n) is 10.2. The summed E-state index contributed by atoms with van der Waals surface area (Å²) < 4.78 is 35.7. The maximum absolute atomic E-state index is 11.9. The summed E-state index contributed by atoms with van der Waals surface area (Å²) in [5.74, 6) is 0. The highest BCUT2D eigenvalue weighted by atomic mass is 19.4. The minimum atomic E-state index is -4.45. The Balaban J connectivity index is 0.000000199. The molecular weight excluding hydrogens is 247 g/mol. The number of hydrogen-bond acceptors (Lipinski definition) is 5. The summed E-state index contributed by atoms with van der Waals surface area (Å²) in [7, 11) is 2.15. The summed E-state index contributed by atoms with van der Waals surface area (Å²) in [5.41, 5.74) is 5.02. The fourth-order valence-corrected chi connectivity index (χ4v) is 1.44. The first kappa shape index (κ1) is 14.9. The van der Waals surface area contributed by atoms with Crippen LogP contribution in [0.2, 0.25) is 0 Å². The van der Waals surface area contributed by atoms with Gasteiger partial charge in [-0.25, -0.2) is 0 Å². The van der Waals surface area contributed by atoms with E-state index in [9.17, 15) is 13.2 Å². The zero-order chi connectivity index (χ0) is 13.6. The van der Waals surface area contributed by atoms with Crippen molar-refractivity contribution in [1.82, 2.24) is 15.1 Å². The van der Waals surface area contributed by atoms with Gasteiger partial charge in [-0.3, -0.25) is 15.6 Å². The fourth-order valence-electron chi connectivity index (χ4n) is 1.44. The predicted octanol–water partition coefficient (Wildman–Crippen LogP) is 0.170. The number of halogens is 3. The van der Waals surface area contributed by atoms with Crippen molar-refractivity contribution in [2.45, 2.75) is 12.6 Å². The Morgan fingerprint density at radius 3 is 2.28 bits per heavy atom. The Labute approximate surface area is 104 Å². The first-order valence-corrected chi connectivity index (χ1v) is 5.61. The molecule has 0 saturated carbocycles. The second-order valence-corrected chi connectivity index (χ2v) is 3.98. The average Bonchev–Trinajstić information content (AvgIpc) is 2.30. The van der Waals surface area contributed by atoms with Gasteiger partial charge in [0.2, 0.25) is 0 Å². The molecule has 8 heteroatoms. The Kier molecular flexibility index (Phi) is 5.57. The number of rotatable bonds is 0. The molecule has 1 unspecified atom stereocenters. The Morgan fingerprint density at radius 2 is 1.94 bits per heavy atom. The monoisotopic (exact) mass is 265 g/mol. The van der Waals surface area contributed by atoms with Crippen LogP contribution in [0.15, 0.2) is 17.3 Å². The molecule has 0 aromatic rings. The Hall–Kier alpha value is -1.12. The van der Waals surface area contributed by atoms with Gasteiger partial charge in [-0.2, -0.15) is 0 Å². The third-order valence-electron chi connectivity index (χ3n) is 2.49. The fraction of sp³-hybridized carbons (Fsp3) is 0.700. The van der Waals surface area contributed by atoms with Crippen molar-refractivity contribution >= 4 is 6.21 Å². The van der Waals surface area contributed by atoms with Crippen molar-refractivity contribution in [2.24, 2.45) is 10.7 Å². The first-order valence-electron chi connectivity index (χ1n) is 5.61. The number of likely N-dealkylation sites (N-methyl/N-ethyl adjacent to an activating group) is 1. The number of nitrogens with zero attached hydrogens (tertiary/aromatic N) is 3. The molecule has 2 rings (SSSR count). The Morgan fingerprint density at radius 1 is 1.33 bits per heavy atom. The predicted molar refractivity (Wildman–Crippen MR) is 63.9 cm³/mol. The van der Waals surface area contributed by atoms with E-state index in [4.69, 9.17) is 5.73 Å². The van der Waals surface area contributed by atoms with Gasteiger partial charge in [0.05, 0.1) is 0 Å². The molecule has 2 aliphatic heterocycles. The van der Waals surface area contributed by atoms with E-state index in [2.05, 4.69) is 22.3 Å². The van der Waals surface area contributed by atoms with Crippen molar-refractivity contribution in [2.75, 3.05) is 33.2 Å². The molecule has 0 bridgehead atoms. The minimum absolute atomic E-state index is 0.0208. The highest BCUT2D eigenvalue weighted by Crippen LogP contribution is 2.23. The topological polar surface area (TPSA) is 56.9 Å². The van der Waals surface area contributed by atoms with Crippen LogP contribution in [0.1, 0.15) is 0 Å². The maximum atomic E-state index is 11.9. The molecule has 0 spiro atoms. The summed E-state index contributed by atoms with van der Waals surface area (Å²) in [5, 5.41) is 3.27. The minimum Gasteiger partial charge on any atom is -0.314 e. The number of aliphatic imine (C=N–C) groups is 1. The largest absolute Gasteiger partial charge is 0.487 e. The molecule has 18 heavy (non-hydrogen) atoms. The second-order valence-electron chi connectivity index (χ2n) is 3.98. The lowest BCUT2D eigenvalue weighted by Gasteiger charge is -2.27. The molecule has 0 aromatic heterocycles. The first-order chi connectivity index (χ1) is 8.41. The second kappa shape index (κ2) is 6.72. The van der Waals surface area contributed by atoms with Crippen LogP contribution in [0, 0.1) is 0 Å². The van der Waals surface area contributed by atoms with Gasteiger partial charge in [-0.05, 0) is 13.1 Å². The summed E-state index contributed by atoms with van der Waals surface area (Å²) in [6.07, 6.45) is -2.55. The maximum Gasteiger partial charge on any atom is 0.487 e. The number of hydrogen-bond donors (Lipinski definition) is 2. The van der Waals surface area contributed by atoms with E-state index in [-0.39, 0.29) is 4.90 Å². The Bertz CT molecular complexity index is 296. The van der Waals surface area contributed by atoms with Gasteiger partial charge in [0.1, 0.15) is 0 Å². The van der Waals surface area contributed by atoms with E-state index in [0.29, 0.717) is 0 Å². The van der Waals surface area contributed by atoms with E-state index in [1.165, 1.54) is 25.4 Å². The van der Waals surface area contributed by atoms with Crippen molar-refractivity contribution in [3.63, 3.8) is 0 Å². The average molecular weight is 265 g/mol. The highest BCUT2D eigenvalue weighted by molar-refractivity contribution is 5.71. The molecule has 2 aliphatic rings. The molecule has 0 amide bonds. The van der Waals surface area contributed by atoms with E-state index in [0.717, 1.165) is 19.3 Å². The molecule has 2 heterocycles. The molecule has 1 atom stereocenters. The lowest BCUT2D eigenvalue weighted by molar-refractivity contribution is -0.238. The van der Waals surface area contributed by atoms with E-state index >= 15 is 0 Å².